The average molecular weight is 197 g/mol. The van der Waals surface area contributed by atoms with Crippen LogP contribution in [0.4, 0.5) is 0 Å². The number of hydrogen-bond donors (Lipinski definition) is 1. The molecule has 0 aliphatic heterocycles. The maximum atomic E-state index is 11.1. The minimum absolute atomic E-state index is 0.0122. The summed E-state index contributed by atoms with van der Waals surface area (Å²) < 4.78 is 0. The van der Waals surface area contributed by atoms with Gasteiger partial charge in [0.25, 0.3) is 0 Å². The lowest BCUT2D eigenvalue weighted by Gasteiger charge is -2.02. The van der Waals surface area contributed by atoms with Gasteiger partial charge in [-0.25, -0.2) is 0 Å². The zero-order valence-electron chi connectivity index (χ0n) is 9.01. The van der Waals surface area contributed by atoms with E-state index < -0.39 is 0 Å². The molecule has 0 heterocycles. The van der Waals surface area contributed by atoms with Gasteiger partial charge in [-0.05, 0) is 19.4 Å². The van der Waals surface area contributed by atoms with Crippen molar-refractivity contribution in [2.45, 2.75) is 39.5 Å². The number of carbonyl (C=O) groups is 2. The molecule has 0 radical (unpaired) electrons. The topological polar surface area (TPSA) is 46.2 Å². The van der Waals surface area contributed by atoms with Gasteiger partial charge in [0.1, 0.15) is 0 Å². The first-order valence-corrected chi connectivity index (χ1v) is 5.13. The van der Waals surface area contributed by atoms with Crippen LogP contribution in [0.1, 0.15) is 39.5 Å². The van der Waals surface area contributed by atoms with Gasteiger partial charge in [-0.15, -0.1) is 0 Å². The Balaban J connectivity index is 3.48. The summed E-state index contributed by atoms with van der Waals surface area (Å²) >= 11 is 0. The lowest BCUT2D eigenvalue weighted by molar-refractivity contribution is -0.123. The molecule has 3 nitrogen and oxygen atoms in total. The second-order valence-electron chi connectivity index (χ2n) is 3.17. The molecule has 0 aromatic heterocycles. The van der Waals surface area contributed by atoms with E-state index >= 15 is 0 Å². The lowest BCUT2D eigenvalue weighted by Crippen LogP contribution is -2.24. The first-order chi connectivity index (χ1) is 6.70. The fourth-order valence-corrected chi connectivity index (χ4v) is 0.999. The Morgan fingerprint density at radius 2 is 2.00 bits per heavy atom. The van der Waals surface area contributed by atoms with E-state index in [-0.39, 0.29) is 11.7 Å². The number of ketones is 1. The summed E-state index contributed by atoms with van der Waals surface area (Å²) in [5.41, 5.74) is 0. The summed E-state index contributed by atoms with van der Waals surface area (Å²) in [4.78, 5) is 22.1. The molecule has 0 aromatic rings. The minimum Gasteiger partial charge on any atom is -0.356 e. The lowest BCUT2D eigenvalue weighted by atomic mass is 10.2. The summed E-state index contributed by atoms with van der Waals surface area (Å²) in [6.07, 6.45) is 5.86. The van der Waals surface area contributed by atoms with Gasteiger partial charge < -0.3 is 5.32 Å². The van der Waals surface area contributed by atoms with Crippen LogP contribution in [0.25, 0.3) is 0 Å². The van der Waals surface area contributed by atoms with E-state index in [1.54, 1.807) is 13.0 Å². The quantitative estimate of drug-likeness (QED) is 0.500. The highest BCUT2D eigenvalue weighted by Gasteiger charge is 2.03. The molecule has 0 saturated heterocycles. The van der Waals surface area contributed by atoms with Crippen LogP contribution in [-0.4, -0.2) is 18.2 Å². The van der Waals surface area contributed by atoms with E-state index in [4.69, 9.17) is 0 Å². The standard InChI is InChI=1S/C11H19NO2/c1-3-5-9-12-11(14)8-7-10(13)6-4-2/h4,6H,3,5,7-9H2,1-2H3,(H,12,14)/b6-4+. The van der Waals surface area contributed by atoms with Gasteiger partial charge in [-0.2, -0.15) is 0 Å². The van der Waals surface area contributed by atoms with Gasteiger partial charge in [0.2, 0.25) is 5.91 Å². The Hall–Kier alpha value is -1.12. The Morgan fingerprint density at radius 1 is 1.29 bits per heavy atom. The van der Waals surface area contributed by atoms with Gasteiger partial charge in [0, 0.05) is 19.4 Å². The van der Waals surface area contributed by atoms with E-state index in [1.165, 1.54) is 6.08 Å². The van der Waals surface area contributed by atoms with Crippen LogP contribution in [0.15, 0.2) is 12.2 Å². The summed E-state index contributed by atoms with van der Waals surface area (Å²) in [6, 6.07) is 0. The normalized spacial score (nSPS) is 10.4. The van der Waals surface area contributed by atoms with Crippen molar-refractivity contribution in [1.82, 2.24) is 5.32 Å². The third-order valence-electron chi connectivity index (χ3n) is 1.80. The smallest absolute Gasteiger partial charge is 0.220 e. The van der Waals surface area contributed by atoms with Crippen molar-refractivity contribution in [3.63, 3.8) is 0 Å². The van der Waals surface area contributed by atoms with Crippen LogP contribution >= 0.6 is 0 Å². The van der Waals surface area contributed by atoms with Crippen LogP contribution in [-0.2, 0) is 9.59 Å². The van der Waals surface area contributed by atoms with Crippen molar-refractivity contribution in [3.05, 3.63) is 12.2 Å². The Bertz CT molecular complexity index is 209. The monoisotopic (exact) mass is 197 g/mol. The zero-order chi connectivity index (χ0) is 10.8. The third kappa shape index (κ3) is 7.53. The van der Waals surface area contributed by atoms with Crippen molar-refractivity contribution < 1.29 is 9.59 Å². The summed E-state index contributed by atoms with van der Waals surface area (Å²) in [7, 11) is 0. The molecule has 0 bridgehead atoms. The fourth-order valence-electron chi connectivity index (χ4n) is 0.999. The molecule has 0 aromatic carbocycles. The van der Waals surface area contributed by atoms with E-state index in [1.807, 2.05) is 0 Å². The molecule has 0 saturated carbocycles. The van der Waals surface area contributed by atoms with Crippen LogP contribution < -0.4 is 5.32 Å². The third-order valence-corrected chi connectivity index (χ3v) is 1.80. The number of unbranched alkanes of at least 4 members (excludes halogenated alkanes) is 1. The summed E-state index contributed by atoms with van der Waals surface area (Å²) in [5, 5.41) is 2.77. The van der Waals surface area contributed by atoms with Crippen molar-refractivity contribution in [2.75, 3.05) is 6.54 Å². The van der Waals surface area contributed by atoms with Crippen molar-refractivity contribution in [3.8, 4) is 0 Å². The number of rotatable bonds is 7. The predicted molar refractivity (Wildman–Crippen MR) is 57.0 cm³/mol. The number of amides is 1. The van der Waals surface area contributed by atoms with E-state index in [0.717, 1.165) is 12.8 Å². The maximum absolute atomic E-state index is 11.1. The molecule has 1 N–H and O–H groups in total. The largest absolute Gasteiger partial charge is 0.356 e. The Labute approximate surface area is 85.6 Å². The molecule has 0 unspecified atom stereocenters. The van der Waals surface area contributed by atoms with Gasteiger partial charge in [-0.3, -0.25) is 9.59 Å². The molecule has 1 amide bonds. The first kappa shape index (κ1) is 12.9. The molecule has 0 rings (SSSR count). The highest BCUT2D eigenvalue weighted by Crippen LogP contribution is 1.93. The van der Waals surface area contributed by atoms with Gasteiger partial charge >= 0.3 is 0 Å². The summed E-state index contributed by atoms with van der Waals surface area (Å²) in [6.45, 7) is 4.58. The van der Waals surface area contributed by atoms with Crippen LogP contribution in [0.2, 0.25) is 0 Å². The molecule has 0 aliphatic rings. The van der Waals surface area contributed by atoms with Crippen molar-refractivity contribution >= 4 is 11.7 Å². The van der Waals surface area contributed by atoms with Crippen LogP contribution in [0.5, 0.6) is 0 Å². The molecule has 0 spiro atoms. The van der Waals surface area contributed by atoms with E-state index in [9.17, 15) is 9.59 Å². The molecule has 3 heteroatoms. The number of allylic oxidation sites excluding steroid dienone is 2. The highest BCUT2D eigenvalue weighted by molar-refractivity contribution is 5.92. The van der Waals surface area contributed by atoms with Gasteiger partial charge in [-0.1, -0.05) is 19.4 Å². The van der Waals surface area contributed by atoms with Crippen LogP contribution in [0.3, 0.4) is 0 Å². The molecular formula is C11H19NO2. The summed E-state index contributed by atoms with van der Waals surface area (Å²) in [5.74, 6) is -0.0190. The Morgan fingerprint density at radius 3 is 2.57 bits per heavy atom. The SMILES string of the molecule is C/C=C/C(=O)CCC(=O)NCCCC. The molecule has 0 atom stereocenters. The Kier molecular flexibility index (Phi) is 7.80. The molecule has 80 valence electrons. The first-order valence-electron chi connectivity index (χ1n) is 5.13. The second kappa shape index (κ2) is 8.48. The number of nitrogens with one attached hydrogen (secondary N) is 1. The van der Waals surface area contributed by atoms with E-state index in [2.05, 4.69) is 12.2 Å². The average Bonchev–Trinajstić information content (AvgIpc) is 2.16. The highest BCUT2D eigenvalue weighted by atomic mass is 16.2. The number of carbonyl (C=O) groups excluding carboxylic acids is 2. The molecule has 0 aliphatic carbocycles. The molecule has 14 heavy (non-hydrogen) atoms. The van der Waals surface area contributed by atoms with Crippen molar-refractivity contribution in [2.24, 2.45) is 0 Å². The molecular weight excluding hydrogens is 178 g/mol. The minimum atomic E-state index is -0.0312. The van der Waals surface area contributed by atoms with Gasteiger partial charge in [0.15, 0.2) is 5.78 Å². The zero-order valence-corrected chi connectivity index (χ0v) is 9.01. The predicted octanol–water partition coefficient (Wildman–Crippen LogP) is 1.83. The molecule has 0 fully saturated rings. The number of hydrogen-bond acceptors (Lipinski definition) is 2. The van der Waals surface area contributed by atoms with E-state index in [0.29, 0.717) is 19.4 Å². The van der Waals surface area contributed by atoms with Gasteiger partial charge in [0.05, 0.1) is 0 Å². The maximum Gasteiger partial charge on any atom is 0.220 e. The van der Waals surface area contributed by atoms with Crippen molar-refractivity contribution in [1.29, 1.82) is 0 Å². The fraction of sp³-hybridized carbons (Fsp3) is 0.636. The second-order valence-corrected chi connectivity index (χ2v) is 3.17. The van der Waals surface area contributed by atoms with Crippen LogP contribution in [0, 0.1) is 0 Å².